The summed E-state index contributed by atoms with van der Waals surface area (Å²) < 4.78 is 18.2. The van der Waals surface area contributed by atoms with Crippen LogP contribution < -0.4 is 10.5 Å². The number of aromatic nitrogens is 1. The van der Waals surface area contributed by atoms with E-state index in [0.717, 1.165) is 12.1 Å². The topological polar surface area (TPSA) is 91.3 Å². The Balaban J connectivity index is 2.23. The van der Waals surface area contributed by atoms with Crippen LogP contribution in [0.3, 0.4) is 0 Å². The molecule has 1 aromatic carbocycles. The summed E-state index contributed by atoms with van der Waals surface area (Å²) >= 11 is 5.90. The number of ether oxygens (including phenoxy) is 1. The zero-order valence-corrected chi connectivity index (χ0v) is 10.8. The molecular weight excluding hydrogens is 289 g/mol. The van der Waals surface area contributed by atoms with Gasteiger partial charge in [0.25, 0.3) is 0 Å². The highest BCUT2D eigenvalue weighted by Crippen LogP contribution is 2.28. The largest absolute Gasteiger partial charge is 0.480 e. The molecule has 0 aliphatic heterocycles. The van der Waals surface area contributed by atoms with Crippen LogP contribution in [0, 0.1) is 15.9 Å². The first kappa shape index (κ1) is 14.0. The molecule has 0 radical (unpaired) electrons. The second-order valence-corrected chi connectivity index (χ2v) is 4.23. The van der Waals surface area contributed by atoms with Crippen LogP contribution >= 0.6 is 11.6 Å². The summed E-state index contributed by atoms with van der Waals surface area (Å²) in [6, 6.07) is 6.09. The van der Waals surface area contributed by atoms with E-state index in [1.807, 2.05) is 0 Å². The van der Waals surface area contributed by atoms with Crippen molar-refractivity contribution in [2.24, 2.45) is 0 Å². The average molecular weight is 298 g/mol. The molecule has 6 nitrogen and oxygen atoms in total. The van der Waals surface area contributed by atoms with Gasteiger partial charge in [0, 0.05) is 0 Å². The van der Waals surface area contributed by atoms with Gasteiger partial charge in [0.2, 0.25) is 0 Å². The van der Waals surface area contributed by atoms with Crippen LogP contribution in [0.2, 0.25) is 5.02 Å². The molecule has 0 atom stereocenters. The fourth-order valence-electron chi connectivity index (χ4n) is 1.50. The lowest BCUT2D eigenvalue weighted by Crippen LogP contribution is -2.03. The van der Waals surface area contributed by atoms with E-state index in [4.69, 9.17) is 22.1 Å². The maximum absolute atomic E-state index is 13.0. The monoisotopic (exact) mass is 297 g/mol. The Morgan fingerprint density at radius 1 is 1.40 bits per heavy atom. The molecule has 1 heterocycles. The van der Waals surface area contributed by atoms with Gasteiger partial charge in [0.05, 0.1) is 21.7 Å². The molecule has 8 heteroatoms. The number of rotatable bonds is 4. The fraction of sp³-hybridized carbons (Fsp3) is 0.0833. The third-order valence-electron chi connectivity index (χ3n) is 2.42. The molecule has 0 bridgehead atoms. The highest BCUT2D eigenvalue weighted by Gasteiger charge is 2.17. The first-order valence-corrected chi connectivity index (χ1v) is 5.83. The van der Waals surface area contributed by atoms with Crippen LogP contribution in [-0.4, -0.2) is 9.91 Å². The Kier molecular flexibility index (Phi) is 3.99. The molecule has 0 aliphatic rings. The Morgan fingerprint density at radius 2 is 2.15 bits per heavy atom. The van der Waals surface area contributed by atoms with Crippen molar-refractivity contribution in [3.63, 3.8) is 0 Å². The molecule has 0 unspecified atom stereocenters. The van der Waals surface area contributed by atoms with Crippen LogP contribution in [0.25, 0.3) is 0 Å². The maximum atomic E-state index is 13.0. The van der Waals surface area contributed by atoms with Gasteiger partial charge in [-0.2, -0.15) is 0 Å². The molecule has 2 rings (SSSR count). The third kappa shape index (κ3) is 3.12. The van der Waals surface area contributed by atoms with Crippen molar-refractivity contribution < 1.29 is 14.1 Å². The summed E-state index contributed by atoms with van der Waals surface area (Å²) in [5.41, 5.74) is 5.38. The van der Waals surface area contributed by atoms with Gasteiger partial charge in [-0.1, -0.05) is 11.6 Å². The van der Waals surface area contributed by atoms with Gasteiger partial charge in [-0.15, -0.1) is 0 Å². The van der Waals surface area contributed by atoms with Crippen LogP contribution in [0.1, 0.15) is 5.69 Å². The third-order valence-corrected chi connectivity index (χ3v) is 2.77. The first-order chi connectivity index (χ1) is 9.47. The minimum atomic E-state index is -0.729. The van der Waals surface area contributed by atoms with Gasteiger partial charge in [0.15, 0.2) is 5.75 Å². The van der Waals surface area contributed by atoms with Crippen LogP contribution in [-0.2, 0) is 6.61 Å². The number of nitro groups is 1. The molecule has 0 saturated heterocycles. The smallest absolute Gasteiger partial charge is 0.313 e. The number of hydrogen-bond acceptors (Lipinski definition) is 5. The molecule has 0 aliphatic carbocycles. The molecule has 0 amide bonds. The number of benzene rings is 1. The summed E-state index contributed by atoms with van der Waals surface area (Å²) in [4.78, 5) is 14.0. The van der Waals surface area contributed by atoms with Gasteiger partial charge >= 0.3 is 5.69 Å². The van der Waals surface area contributed by atoms with E-state index in [0.29, 0.717) is 10.7 Å². The highest BCUT2D eigenvalue weighted by atomic mass is 35.5. The van der Waals surface area contributed by atoms with Crippen LogP contribution in [0.5, 0.6) is 5.75 Å². The number of anilines is 1. The van der Waals surface area contributed by atoms with E-state index in [-0.39, 0.29) is 18.2 Å². The second kappa shape index (κ2) is 5.70. The predicted octanol–water partition coefficient (Wildman–Crippen LogP) is 2.94. The van der Waals surface area contributed by atoms with Gasteiger partial charge < -0.3 is 10.5 Å². The number of pyridine rings is 1. The van der Waals surface area contributed by atoms with Crippen molar-refractivity contribution in [1.82, 2.24) is 4.98 Å². The molecule has 2 N–H and O–H groups in total. The SMILES string of the molecule is Nc1ccc(Cl)c(COc2ccc(F)cc2[N+](=O)[O-])n1. The quantitative estimate of drug-likeness (QED) is 0.692. The normalized spacial score (nSPS) is 10.3. The minimum absolute atomic E-state index is 0.0725. The highest BCUT2D eigenvalue weighted by molar-refractivity contribution is 6.31. The number of halogens is 2. The number of nitrogen functional groups attached to an aromatic ring is 1. The predicted molar refractivity (Wildman–Crippen MR) is 71.0 cm³/mol. The lowest BCUT2D eigenvalue weighted by Gasteiger charge is -2.08. The van der Waals surface area contributed by atoms with E-state index >= 15 is 0 Å². The summed E-state index contributed by atoms with van der Waals surface area (Å²) in [5.74, 6) is -0.539. The van der Waals surface area contributed by atoms with Gasteiger partial charge in [-0.3, -0.25) is 10.1 Å². The minimum Gasteiger partial charge on any atom is -0.480 e. The molecule has 20 heavy (non-hydrogen) atoms. The lowest BCUT2D eigenvalue weighted by atomic mass is 10.3. The molecule has 1 aromatic heterocycles. The lowest BCUT2D eigenvalue weighted by molar-refractivity contribution is -0.386. The number of nitrogens with zero attached hydrogens (tertiary/aromatic N) is 2. The molecule has 0 spiro atoms. The summed E-state index contributed by atoms with van der Waals surface area (Å²) in [6.45, 7) is -0.115. The number of hydrogen-bond donors (Lipinski definition) is 1. The van der Waals surface area contributed by atoms with E-state index in [1.165, 1.54) is 12.1 Å². The fourth-order valence-corrected chi connectivity index (χ4v) is 1.66. The Bertz CT molecular complexity index is 666. The van der Waals surface area contributed by atoms with Gasteiger partial charge in [-0.05, 0) is 24.3 Å². The number of nitro benzene ring substituents is 1. The van der Waals surface area contributed by atoms with Crippen molar-refractivity contribution in [1.29, 1.82) is 0 Å². The van der Waals surface area contributed by atoms with Crippen molar-refractivity contribution in [3.05, 3.63) is 57.0 Å². The molecule has 2 aromatic rings. The van der Waals surface area contributed by atoms with Gasteiger partial charge in [0.1, 0.15) is 18.2 Å². The zero-order valence-electron chi connectivity index (χ0n) is 10.0. The van der Waals surface area contributed by atoms with E-state index in [9.17, 15) is 14.5 Å². The zero-order chi connectivity index (χ0) is 14.7. The summed E-state index contributed by atoms with van der Waals surface area (Å²) in [5, 5.41) is 11.1. The molecule has 0 fully saturated rings. The van der Waals surface area contributed by atoms with Crippen molar-refractivity contribution >= 4 is 23.1 Å². The summed E-state index contributed by atoms with van der Waals surface area (Å²) in [6.07, 6.45) is 0. The van der Waals surface area contributed by atoms with Crippen LogP contribution in [0.4, 0.5) is 15.9 Å². The second-order valence-electron chi connectivity index (χ2n) is 3.82. The standard InChI is InChI=1S/C12H9ClFN3O3/c13-8-2-4-12(15)16-9(8)6-20-11-3-1-7(14)5-10(11)17(18)19/h1-5H,6H2,(H2,15,16). The Morgan fingerprint density at radius 3 is 2.85 bits per heavy atom. The summed E-state index contributed by atoms with van der Waals surface area (Å²) in [7, 11) is 0. The maximum Gasteiger partial charge on any atom is 0.313 e. The van der Waals surface area contributed by atoms with Crippen LogP contribution in [0.15, 0.2) is 30.3 Å². The van der Waals surface area contributed by atoms with Crippen molar-refractivity contribution in [2.75, 3.05) is 5.73 Å². The average Bonchev–Trinajstić information content (AvgIpc) is 2.40. The van der Waals surface area contributed by atoms with Crippen molar-refractivity contribution in [3.8, 4) is 5.75 Å². The van der Waals surface area contributed by atoms with E-state index < -0.39 is 16.4 Å². The van der Waals surface area contributed by atoms with E-state index in [2.05, 4.69) is 4.98 Å². The molecular formula is C12H9ClFN3O3. The Hall–Kier alpha value is -2.41. The Labute approximate surface area is 118 Å². The van der Waals surface area contributed by atoms with Gasteiger partial charge in [-0.25, -0.2) is 9.37 Å². The first-order valence-electron chi connectivity index (χ1n) is 5.45. The van der Waals surface area contributed by atoms with E-state index in [1.54, 1.807) is 6.07 Å². The van der Waals surface area contributed by atoms with Crippen molar-refractivity contribution in [2.45, 2.75) is 6.61 Å². The number of nitrogens with two attached hydrogens (primary N) is 1. The molecule has 0 saturated carbocycles. The molecule has 104 valence electrons.